The summed E-state index contributed by atoms with van der Waals surface area (Å²) in [4.78, 5) is 7.85. The monoisotopic (exact) mass is 257 g/mol. The summed E-state index contributed by atoms with van der Waals surface area (Å²) in [6.07, 6.45) is -3.09. The molecule has 0 unspecified atom stereocenters. The SMILES string of the molecule is Cc1nc(-c2ccc([C@@H](C)C(F)(F)F)cn2)no1. The van der Waals surface area contributed by atoms with Crippen LogP contribution in [0.1, 0.15) is 24.3 Å². The van der Waals surface area contributed by atoms with Crippen molar-refractivity contribution in [2.24, 2.45) is 0 Å². The molecule has 0 aromatic carbocycles. The number of aryl methyl sites for hydroxylation is 1. The van der Waals surface area contributed by atoms with Crippen LogP contribution in [0.3, 0.4) is 0 Å². The fourth-order valence-corrected chi connectivity index (χ4v) is 1.39. The lowest BCUT2D eigenvalue weighted by atomic mass is 10.0. The van der Waals surface area contributed by atoms with Gasteiger partial charge in [0.2, 0.25) is 11.7 Å². The van der Waals surface area contributed by atoms with Gasteiger partial charge in [0.25, 0.3) is 0 Å². The molecule has 0 radical (unpaired) electrons. The van der Waals surface area contributed by atoms with Crippen LogP contribution < -0.4 is 0 Å². The number of alkyl halides is 3. The molecule has 0 fully saturated rings. The molecule has 0 bridgehead atoms. The number of rotatable bonds is 2. The summed E-state index contributed by atoms with van der Waals surface area (Å²) in [5.41, 5.74) is 0.483. The molecule has 18 heavy (non-hydrogen) atoms. The molecule has 0 aliphatic carbocycles. The van der Waals surface area contributed by atoms with Crippen molar-refractivity contribution in [3.05, 3.63) is 29.8 Å². The minimum absolute atomic E-state index is 0.103. The molecule has 0 aliphatic rings. The maximum Gasteiger partial charge on any atom is 0.395 e. The Labute approximate surface area is 101 Å². The zero-order chi connectivity index (χ0) is 13.3. The van der Waals surface area contributed by atoms with E-state index in [1.807, 2.05) is 0 Å². The van der Waals surface area contributed by atoms with Gasteiger partial charge in [0, 0.05) is 13.1 Å². The summed E-state index contributed by atoms with van der Waals surface area (Å²) in [7, 11) is 0. The highest BCUT2D eigenvalue weighted by molar-refractivity contribution is 5.48. The summed E-state index contributed by atoms with van der Waals surface area (Å²) in [5.74, 6) is -0.913. The highest BCUT2D eigenvalue weighted by Crippen LogP contribution is 2.34. The molecule has 2 aromatic rings. The maximum atomic E-state index is 12.5. The summed E-state index contributed by atoms with van der Waals surface area (Å²) in [6.45, 7) is 2.71. The maximum absolute atomic E-state index is 12.5. The van der Waals surface area contributed by atoms with Crippen LogP contribution in [0.4, 0.5) is 13.2 Å². The van der Waals surface area contributed by atoms with E-state index in [0.29, 0.717) is 11.6 Å². The lowest BCUT2D eigenvalue weighted by molar-refractivity contribution is -0.146. The Morgan fingerprint density at radius 1 is 1.28 bits per heavy atom. The number of pyridine rings is 1. The number of halogens is 3. The molecule has 2 aromatic heterocycles. The van der Waals surface area contributed by atoms with Crippen LogP contribution in [-0.2, 0) is 0 Å². The van der Waals surface area contributed by atoms with E-state index in [0.717, 1.165) is 6.92 Å². The molecule has 2 heterocycles. The fraction of sp³-hybridized carbons (Fsp3) is 0.364. The third-order valence-electron chi connectivity index (χ3n) is 2.53. The molecule has 0 N–H and O–H groups in total. The van der Waals surface area contributed by atoms with Crippen molar-refractivity contribution in [2.45, 2.75) is 25.9 Å². The molecule has 1 atom stereocenters. The summed E-state index contributed by atoms with van der Waals surface area (Å²) in [5, 5.41) is 3.64. The molecule has 7 heteroatoms. The minimum atomic E-state index is -4.27. The Morgan fingerprint density at radius 3 is 2.44 bits per heavy atom. The number of hydrogen-bond acceptors (Lipinski definition) is 4. The van der Waals surface area contributed by atoms with Crippen LogP contribution in [0, 0.1) is 6.92 Å². The normalized spacial score (nSPS) is 13.6. The van der Waals surface area contributed by atoms with E-state index < -0.39 is 12.1 Å². The van der Waals surface area contributed by atoms with Crippen molar-refractivity contribution >= 4 is 0 Å². The molecular weight excluding hydrogens is 247 g/mol. The third-order valence-corrected chi connectivity index (χ3v) is 2.53. The largest absolute Gasteiger partial charge is 0.395 e. The average Bonchev–Trinajstić information content (AvgIpc) is 2.74. The molecule has 96 valence electrons. The average molecular weight is 257 g/mol. The summed E-state index contributed by atoms with van der Waals surface area (Å²) >= 11 is 0. The zero-order valence-corrected chi connectivity index (χ0v) is 9.69. The quantitative estimate of drug-likeness (QED) is 0.829. The molecule has 0 aliphatic heterocycles. The second-order valence-electron chi connectivity index (χ2n) is 3.88. The zero-order valence-electron chi connectivity index (χ0n) is 9.69. The smallest absolute Gasteiger partial charge is 0.339 e. The van der Waals surface area contributed by atoms with Gasteiger partial charge in [0.15, 0.2) is 0 Å². The first kappa shape index (κ1) is 12.5. The Hall–Kier alpha value is -1.92. The first-order valence-electron chi connectivity index (χ1n) is 5.21. The second-order valence-corrected chi connectivity index (χ2v) is 3.88. The van der Waals surface area contributed by atoms with Crippen LogP contribution in [-0.4, -0.2) is 21.3 Å². The molecule has 4 nitrogen and oxygen atoms in total. The van der Waals surface area contributed by atoms with Crippen molar-refractivity contribution in [3.63, 3.8) is 0 Å². The number of aromatic nitrogens is 3. The van der Waals surface area contributed by atoms with E-state index in [2.05, 4.69) is 15.1 Å². The van der Waals surface area contributed by atoms with Crippen molar-refractivity contribution in [1.82, 2.24) is 15.1 Å². The molecule has 2 rings (SSSR count). The van der Waals surface area contributed by atoms with Gasteiger partial charge >= 0.3 is 6.18 Å². The molecule has 0 spiro atoms. The predicted octanol–water partition coefficient (Wildman–Crippen LogP) is 3.11. The lowest BCUT2D eigenvalue weighted by Crippen LogP contribution is -2.17. The molecule has 0 saturated carbocycles. The Kier molecular flexibility index (Phi) is 3.06. The van der Waals surface area contributed by atoms with Gasteiger partial charge in [0.05, 0.1) is 5.92 Å². The van der Waals surface area contributed by atoms with Crippen molar-refractivity contribution < 1.29 is 17.7 Å². The van der Waals surface area contributed by atoms with Crippen LogP contribution in [0.5, 0.6) is 0 Å². The molecular formula is C11H10F3N3O. The fourth-order valence-electron chi connectivity index (χ4n) is 1.39. The van der Waals surface area contributed by atoms with Crippen molar-refractivity contribution in [3.8, 4) is 11.5 Å². The summed E-state index contributed by atoms with van der Waals surface area (Å²) < 4.78 is 42.3. The van der Waals surface area contributed by atoms with E-state index in [1.165, 1.54) is 18.3 Å². The lowest BCUT2D eigenvalue weighted by Gasteiger charge is -2.15. The van der Waals surface area contributed by atoms with Gasteiger partial charge in [0.1, 0.15) is 5.69 Å². The predicted molar refractivity (Wildman–Crippen MR) is 56.7 cm³/mol. The molecule has 0 saturated heterocycles. The van der Waals surface area contributed by atoms with Gasteiger partial charge in [-0.25, -0.2) is 0 Å². The first-order valence-corrected chi connectivity index (χ1v) is 5.21. The Balaban J connectivity index is 2.25. The van der Waals surface area contributed by atoms with Crippen molar-refractivity contribution in [1.29, 1.82) is 0 Å². The van der Waals surface area contributed by atoms with Gasteiger partial charge < -0.3 is 4.52 Å². The van der Waals surface area contributed by atoms with E-state index in [-0.39, 0.29) is 11.4 Å². The van der Waals surface area contributed by atoms with Crippen LogP contribution in [0.25, 0.3) is 11.5 Å². The van der Waals surface area contributed by atoms with E-state index >= 15 is 0 Å². The van der Waals surface area contributed by atoms with E-state index in [4.69, 9.17) is 4.52 Å². The van der Waals surface area contributed by atoms with Crippen molar-refractivity contribution in [2.75, 3.05) is 0 Å². The van der Waals surface area contributed by atoms with Gasteiger partial charge in [-0.05, 0) is 18.6 Å². The Morgan fingerprint density at radius 2 is 2.00 bits per heavy atom. The second kappa shape index (κ2) is 4.40. The van der Waals surface area contributed by atoms with Crippen LogP contribution >= 0.6 is 0 Å². The van der Waals surface area contributed by atoms with E-state index in [1.54, 1.807) is 6.92 Å². The van der Waals surface area contributed by atoms with Gasteiger partial charge in [-0.3, -0.25) is 4.98 Å². The number of nitrogens with zero attached hydrogens (tertiary/aromatic N) is 3. The van der Waals surface area contributed by atoms with E-state index in [9.17, 15) is 13.2 Å². The third kappa shape index (κ3) is 2.49. The van der Waals surface area contributed by atoms with Crippen LogP contribution in [0.15, 0.2) is 22.9 Å². The standard InChI is InChI=1S/C11H10F3N3O/c1-6(11(12,13)14)8-3-4-9(15-5-8)10-16-7(2)18-17-10/h3-6H,1-2H3/t6-/m1/s1. The highest BCUT2D eigenvalue weighted by Gasteiger charge is 2.37. The Bertz CT molecular complexity index is 533. The summed E-state index contributed by atoms with van der Waals surface area (Å²) in [6, 6.07) is 2.81. The van der Waals surface area contributed by atoms with Gasteiger partial charge in [-0.15, -0.1) is 0 Å². The van der Waals surface area contributed by atoms with Gasteiger partial charge in [-0.2, -0.15) is 18.2 Å². The first-order chi connectivity index (χ1) is 8.38. The molecule has 0 amide bonds. The number of hydrogen-bond donors (Lipinski definition) is 0. The minimum Gasteiger partial charge on any atom is -0.339 e. The topological polar surface area (TPSA) is 51.8 Å². The highest BCUT2D eigenvalue weighted by atomic mass is 19.4. The van der Waals surface area contributed by atoms with Gasteiger partial charge in [-0.1, -0.05) is 11.2 Å². The van der Waals surface area contributed by atoms with Crippen LogP contribution in [0.2, 0.25) is 0 Å².